The number of fused-ring (bicyclic) bond motifs is 1. The van der Waals surface area contributed by atoms with E-state index in [1.165, 1.54) is 5.01 Å². The van der Waals surface area contributed by atoms with Gasteiger partial charge in [-0.3, -0.25) is 19.4 Å². The molecular formula is C27H24N4O4. The van der Waals surface area contributed by atoms with E-state index in [0.717, 1.165) is 10.5 Å². The highest BCUT2D eigenvalue weighted by atomic mass is 16.5. The third-order valence-corrected chi connectivity index (χ3v) is 6.02. The molecule has 1 saturated heterocycles. The Kier molecular flexibility index (Phi) is 5.78. The Morgan fingerprint density at radius 2 is 1.57 bits per heavy atom. The van der Waals surface area contributed by atoms with Gasteiger partial charge in [0.15, 0.2) is 0 Å². The molecule has 35 heavy (non-hydrogen) atoms. The first-order valence-electron chi connectivity index (χ1n) is 11.4. The van der Waals surface area contributed by atoms with Crippen LogP contribution in [0, 0.1) is 12.8 Å². The number of nitrogens with one attached hydrogen (secondary N) is 1. The summed E-state index contributed by atoms with van der Waals surface area (Å²) in [6.07, 6.45) is 0. The summed E-state index contributed by atoms with van der Waals surface area (Å²) in [6.45, 7) is 4.34. The number of nitrogens with zero attached hydrogens (tertiary/aromatic N) is 3. The zero-order chi connectivity index (χ0) is 24.5. The van der Waals surface area contributed by atoms with E-state index in [1.807, 2.05) is 44.2 Å². The largest absolute Gasteiger partial charge is 0.494 e. The molecule has 8 nitrogen and oxygen atoms in total. The van der Waals surface area contributed by atoms with Gasteiger partial charge in [-0.1, -0.05) is 35.9 Å². The molecule has 8 heteroatoms. The molecule has 2 atom stereocenters. The van der Waals surface area contributed by atoms with Crippen molar-refractivity contribution in [1.29, 1.82) is 0 Å². The van der Waals surface area contributed by atoms with Gasteiger partial charge >= 0.3 is 0 Å². The third-order valence-electron chi connectivity index (χ3n) is 6.02. The van der Waals surface area contributed by atoms with Crippen molar-refractivity contribution in [3.8, 4) is 5.75 Å². The highest BCUT2D eigenvalue weighted by Crippen LogP contribution is 2.38. The standard InChI is InChI=1S/C27H24N4O4/c1-3-35-21-15-13-19(14-16-21)30-26(33)22-23(25(32)28-18-7-5-4-6-8-18)29-31(24(22)27(30)34)20-11-9-17(2)10-12-20/h4-16,22,24H,3H2,1-2H3,(H,28,32)/t22-,24+/m0/s1. The van der Waals surface area contributed by atoms with Crippen molar-refractivity contribution < 1.29 is 19.1 Å². The number of hydrazone groups is 1. The fraction of sp³-hybridized carbons (Fsp3) is 0.185. The number of hydrogen-bond acceptors (Lipinski definition) is 6. The number of anilines is 3. The molecule has 0 radical (unpaired) electrons. The first kappa shape index (κ1) is 22.3. The molecule has 0 bridgehead atoms. The van der Waals surface area contributed by atoms with Crippen LogP contribution in [0.25, 0.3) is 0 Å². The summed E-state index contributed by atoms with van der Waals surface area (Å²) in [7, 11) is 0. The maximum absolute atomic E-state index is 13.6. The predicted octanol–water partition coefficient (Wildman–Crippen LogP) is 3.77. The minimum absolute atomic E-state index is 0.00575. The minimum atomic E-state index is -1.03. The Labute approximate surface area is 202 Å². The fourth-order valence-corrected chi connectivity index (χ4v) is 4.34. The number of benzene rings is 3. The van der Waals surface area contributed by atoms with Crippen molar-refractivity contribution in [2.75, 3.05) is 21.8 Å². The molecule has 1 N–H and O–H groups in total. The lowest BCUT2D eigenvalue weighted by Gasteiger charge is -2.22. The molecule has 5 rings (SSSR count). The second-order valence-corrected chi connectivity index (χ2v) is 8.35. The molecule has 176 valence electrons. The molecule has 3 amide bonds. The van der Waals surface area contributed by atoms with Gasteiger partial charge in [0, 0.05) is 5.69 Å². The van der Waals surface area contributed by atoms with Gasteiger partial charge in [0.2, 0.25) is 5.91 Å². The number of carbonyl (C=O) groups is 3. The van der Waals surface area contributed by atoms with Crippen LogP contribution >= 0.6 is 0 Å². The summed E-state index contributed by atoms with van der Waals surface area (Å²) in [5.74, 6) is -1.83. The molecule has 0 saturated carbocycles. The number of amides is 3. The molecule has 0 spiro atoms. The van der Waals surface area contributed by atoms with E-state index in [0.29, 0.717) is 29.4 Å². The molecule has 0 aromatic heterocycles. The molecule has 1 fully saturated rings. The van der Waals surface area contributed by atoms with Gasteiger partial charge in [-0.2, -0.15) is 5.10 Å². The van der Waals surface area contributed by atoms with Crippen LogP contribution in [0.2, 0.25) is 0 Å². The van der Waals surface area contributed by atoms with Crippen LogP contribution in [-0.4, -0.2) is 36.1 Å². The average Bonchev–Trinajstić information content (AvgIpc) is 3.38. The molecule has 3 aromatic rings. The van der Waals surface area contributed by atoms with E-state index < -0.39 is 29.7 Å². The van der Waals surface area contributed by atoms with Crippen molar-refractivity contribution in [1.82, 2.24) is 0 Å². The SMILES string of the molecule is CCOc1ccc(N2C(=O)[C@H]3C(C(=O)Nc4ccccc4)=NN(c4ccc(C)cc4)[C@H]3C2=O)cc1. The van der Waals surface area contributed by atoms with E-state index in [1.54, 1.807) is 48.5 Å². The maximum atomic E-state index is 13.6. The summed E-state index contributed by atoms with van der Waals surface area (Å²) >= 11 is 0. The third kappa shape index (κ3) is 4.03. The molecule has 3 aromatic carbocycles. The first-order chi connectivity index (χ1) is 17.0. The van der Waals surface area contributed by atoms with Crippen LogP contribution in [0.5, 0.6) is 5.75 Å². The highest BCUT2D eigenvalue weighted by molar-refractivity contribution is 6.51. The lowest BCUT2D eigenvalue weighted by Crippen LogP contribution is -2.39. The van der Waals surface area contributed by atoms with Crippen LogP contribution in [0.15, 0.2) is 84.0 Å². The van der Waals surface area contributed by atoms with Gasteiger partial charge in [0.25, 0.3) is 11.8 Å². The number of ether oxygens (including phenoxy) is 1. The molecule has 2 aliphatic rings. The van der Waals surface area contributed by atoms with E-state index in [2.05, 4.69) is 10.4 Å². The van der Waals surface area contributed by atoms with Gasteiger partial charge in [-0.15, -0.1) is 0 Å². The summed E-state index contributed by atoms with van der Waals surface area (Å²) < 4.78 is 5.47. The zero-order valence-corrected chi connectivity index (χ0v) is 19.3. The fourth-order valence-electron chi connectivity index (χ4n) is 4.34. The quantitative estimate of drug-likeness (QED) is 0.556. The maximum Gasteiger partial charge on any atom is 0.272 e. The van der Waals surface area contributed by atoms with Gasteiger partial charge in [-0.25, -0.2) is 4.90 Å². The van der Waals surface area contributed by atoms with Crippen LogP contribution in [0.1, 0.15) is 12.5 Å². The molecule has 0 aliphatic carbocycles. The van der Waals surface area contributed by atoms with E-state index in [4.69, 9.17) is 4.74 Å². The summed E-state index contributed by atoms with van der Waals surface area (Å²) in [5.41, 5.74) is 2.67. The van der Waals surface area contributed by atoms with Crippen molar-refractivity contribution in [3.05, 3.63) is 84.4 Å². The van der Waals surface area contributed by atoms with Crippen molar-refractivity contribution in [2.24, 2.45) is 11.0 Å². The smallest absolute Gasteiger partial charge is 0.272 e. The van der Waals surface area contributed by atoms with Gasteiger partial charge in [-0.05, 0) is 62.4 Å². The molecule has 0 unspecified atom stereocenters. The normalized spacial score (nSPS) is 19.0. The zero-order valence-electron chi connectivity index (χ0n) is 19.3. The number of hydrogen-bond donors (Lipinski definition) is 1. The lowest BCUT2D eigenvalue weighted by molar-refractivity contribution is -0.122. The summed E-state index contributed by atoms with van der Waals surface area (Å²) in [6, 6.07) is 22.2. The van der Waals surface area contributed by atoms with Crippen molar-refractivity contribution in [2.45, 2.75) is 19.9 Å². The second kappa shape index (κ2) is 9.06. The van der Waals surface area contributed by atoms with Crippen LogP contribution in [0.4, 0.5) is 17.1 Å². The Hall–Kier alpha value is -4.46. The van der Waals surface area contributed by atoms with E-state index in [-0.39, 0.29) is 5.71 Å². The second-order valence-electron chi connectivity index (χ2n) is 8.35. The van der Waals surface area contributed by atoms with Crippen LogP contribution in [0.3, 0.4) is 0 Å². The first-order valence-corrected chi connectivity index (χ1v) is 11.4. The monoisotopic (exact) mass is 468 g/mol. The number of imide groups is 1. The Balaban J connectivity index is 1.52. The van der Waals surface area contributed by atoms with Gasteiger partial charge in [0.05, 0.1) is 18.0 Å². The Morgan fingerprint density at radius 3 is 2.23 bits per heavy atom. The molecular weight excluding hydrogens is 444 g/mol. The van der Waals surface area contributed by atoms with E-state index in [9.17, 15) is 14.4 Å². The molecule has 2 aliphatic heterocycles. The predicted molar refractivity (Wildman–Crippen MR) is 134 cm³/mol. The summed E-state index contributed by atoms with van der Waals surface area (Å²) in [5, 5.41) is 8.76. The number of para-hydroxylation sites is 1. The Bertz CT molecular complexity index is 1300. The van der Waals surface area contributed by atoms with Crippen LogP contribution in [-0.2, 0) is 14.4 Å². The highest BCUT2D eigenvalue weighted by Gasteiger charge is 2.58. The average molecular weight is 469 g/mol. The Morgan fingerprint density at radius 1 is 0.914 bits per heavy atom. The number of aryl methyl sites for hydroxylation is 1. The van der Waals surface area contributed by atoms with Crippen molar-refractivity contribution >= 4 is 40.5 Å². The number of rotatable bonds is 6. The van der Waals surface area contributed by atoms with Gasteiger partial charge < -0.3 is 10.1 Å². The topological polar surface area (TPSA) is 91.3 Å². The van der Waals surface area contributed by atoms with Crippen LogP contribution < -0.4 is 20.0 Å². The van der Waals surface area contributed by atoms with Crippen molar-refractivity contribution in [3.63, 3.8) is 0 Å². The summed E-state index contributed by atoms with van der Waals surface area (Å²) in [4.78, 5) is 41.6. The lowest BCUT2D eigenvalue weighted by atomic mass is 9.97. The van der Waals surface area contributed by atoms with Gasteiger partial charge in [0.1, 0.15) is 23.4 Å². The minimum Gasteiger partial charge on any atom is -0.494 e. The number of carbonyl (C=O) groups excluding carboxylic acids is 3. The van der Waals surface area contributed by atoms with E-state index >= 15 is 0 Å². The molecule has 2 heterocycles.